The Bertz CT molecular complexity index is 98.2. The van der Waals surface area contributed by atoms with E-state index in [-0.39, 0.29) is 30.7 Å². The van der Waals surface area contributed by atoms with E-state index in [9.17, 15) is 0 Å². The van der Waals surface area contributed by atoms with Crippen molar-refractivity contribution in [1.29, 1.82) is 0 Å². The minimum Gasteiger partial charge on any atom is -0.0953 e. The van der Waals surface area contributed by atoms with Crippen molar-refractivity contribution in [2.24, 2.45) is 0 Å². The summed E-state index contributed by atoms with van der Waals surface area (Å²) in [5, 5.41) is 0.546. The molecule has 72 valence electrons. The topological polar surface area (TPSA) is 0 Å². The summed E-state index contributed by atoms with van der Waals surface area (Å²) in [5.41, 5.74) is 0. The van der Waals surface area contributed by atoms with Crippen molar-refractivity contribution in [3.8, 4) is 0 Å². The van der Waals surface area contributed by atoms with Crippen molar-refractivity contribution in [2.75, 3.05) is 0 Å². The molecule has 0 amide bonds. The fourth-order valence-electron chi connectivity index (χ4n) is 1.01. The molecule has 0 saturated carbocycles. The zero-order chi connectivity index (χ0) is 8.58. The summed E-state index contributed by atoms with van der Waals surface area (Å²) in [6.45, 7) is 13.2. The van der Waals surface area contributed by atoms with Gasteiger partial charge in [0.2, 0.25) is 0 Å². The Morgan fingerprint density at radius 2 is 1.00 bits per heavy atom. The Labute approximate surface area is 90.7 Å². The Hall–Kier alpha value is 1.38. The zero-order valence-electron chi connectivity index (χ0n) is 8.14. The third-order valence-corrected chi connectivity index (χ3v) is 6.58. The van der Waals surface area contributed by atoms with Gasteiger partial charge in [0.05, 0.1) is 0 Å². The molecule has 0 aromatic rings. The molecule has 0 bridgehead atoms. The van der Waals surface area contributed by atoms with Crippen molar-refractivity contribution < 1.29 is 20.4 Å². The van der Waals surface area contributed by atoms with Crippen LogP contribution in [0.3, 0.4) is 0 Å². The van der Waals surface area contributed by atoms with E-state index in [2.05, 4.69) is 41.5 Å². The van der Waals surface area contributed by atoms with E-state index < -0.39 is 7.27 Å². The molecule has 0 atom stereocenters. The molecule has 0 unspecified atom stereocenters. The van der Waals surface area contributed by atoms with Gasteiger partial charge in [-0.1, -0.05) is 52.8 Å². The number of rotatable bonds is 0. The monoisotopic (exact) mass is 286 g/mol. The molecular weight excluding hydrogens is 269 g/mol. The first-order valence-corrected chi connectivity index (χ1v) is 5.86. The van der Waals surface area contributed by atoms with E-state index in [4.69, 9.17) is 11.2 Å². The maximum Gasteiger partial charge on any atom is 0.00126 e. The van der Waals surface area contributed by atoms with Crippen LogP contribution in [-0.4, -0.2) is 10.3 Å². The van der Waals surface area contributed by atoms with Crippen molar-refractivity contribution in [1.82, 2.24) is 0 Å². The molecule has 0 aromatic carbocycles. The molecule has 0 aliphatic carbocycles. The van der Waals surface area contributed by atoms with E-state index in [0.29, 0.717) is 0 Å². The Kier molecular flexibility index (Phi) is 6.19. The molecule has 0 aliphatic rings. The van der Waals surface area contributed by atoms with Crippen LogP contribution in [0.15, 0.2) is 0 Å². The van der Waals surface area contributed by atoms with Gasteiger partial charge in [-0.05, 0) is 10.3 Å². The minimum atomic E-state index is -0.390. The average molecular weight is 287 g/mol. The summed E-state index contributed by atoms with van der Waals surface area (Å²) in [6.07, 6.45) is 0. The number of halogens is 1. The van der Waals surface area contributed by atoms with E-state index in [1.165, 1.54) is 0 Å². The number of hydrogen-bond donors (Lipinski definition) is 0. The van der Waals surface area contributed by atoms with Crippen molar-refractivity contribution in [2.45, 2.75) is 51.9 Å². The summed E-state index contributed by atoms with van der Waals surface area (Å²) in [4.78, 5) is 0. The standard InChI is InChI=1S/C8H18ClP.Pd/c1-7(2,3)10(9)8(4,5)6;/h1-6H3;. The van der Waals surface area contributed by atoms with Crippen LogP contribution in [0.5, 0.6) is 0 Å². The Balaban J connectivity index is 0. The van der Waals surface area contributed by atoms with E-state index >= 15 is 0 Å². The Morgan fingerprint density at radius 1 is 0.818 bits per heavy atom. The first-order valence-electron chi connectivity index (χ1n) is 3.62. The van der Waals surface area contributed by atoms with Gasteiger partial charge in [-0.2, -0.15) is 0 Å². The smallest absolute Gasteiger partial charge is 0.00126 e. The van der Waals surface area contributed by atoms with Gasteiger partial charge >= 0.3 is 0 Å². The van der Waals surface area contributed by atoms with Crippen molar-refractivity contribution in [3.05, 3.63) is 0 Å². The van der Waals surface area contributed by atoms with Gasteiger partial charge in [0.1, 0.15) is 0 Å². The second-order valence-electron chi connectivity index (χ2n) is 4.62. The van der Waals surface area contributed by atoms with Crippen LogP contribution in [0.4, 0.5) is 0 Å². The molecule has 3 heteroatoms. The third-order valence-electron chi connectivity index (χ3n) is 1.18. The van der Waals surface area contributed by atoms with Gasteiger partial charge in [-0.15, -0.1) is 0 Å². The van der Waals surface area contributed by atoms with Crippen LogP contribution in [0.25, 0.3) is 0 Å². The molecule has 0 heterocycles. The molecule has 0 nitrogen and oxygen atoms in total. The molecule has 0 aromatic heterocycles. The molecule has 0 saturated heterocycles. The van der Waals surface area contributed by atoms with Crippen molar-refractivity contribution >= 4 is 18.5 Å². The van der Waals surface area contributed by atoms with E-state index in [1.54, 1.807) is 0 Å². The van der Waals surface area contributed by atoms with Gasteiger partial charge in [0.15, 0.2) is 0 Å². The van der Waals surface area contributed by atoms with Crippen LogP contribution in [-0.2, 0) is 20.4 Å². The van der Waals surface area contributed by atoms with E-state index in [1.807, 2.05) is 0 Å². The fraction of sp³-hybridized carbons (Fsp3) is 1.00. The van der Waals surface area contributed by atoms with Crippen LogP contribution in [0.2, 0.25) is 0 Å². The van der Waals surface area contributed by atoms with Gasteiger partial charge in [0, 0.05) is 27.7 Å². The van der Waals surface area contributed by atoms with Gasteiger partial charge < -0.3 is 0 Å². The van der Waals surface area contributed by atoms with Crippen molar-refractivity contribution in [3.63, 3.8) is 0 Å². The Morgan fingerprint density at radius 3 is 1.00 bits per heavy atom. The second-order valence-corrected chi connectivity index (χ2v) is 8.88. The molecule has 0 N–H and O–H groups in total. The van der Waals surface area contributed by atoms with Crippen LogP contribution in [0.1, 0.15) is 41.5 Å². The average Bonchev–Trinajstić information content (AvgIpc) is 1.59. The van der Waals surface area contributed by atoms with Crippen LogP contribution >= 0.6 is 18.5 Å². The molecule has 0 spiro atoms. The largest absolute Gasteiger partial charge is 0.0953 e. The van der Waals surface area contributed by atoms with E-state index in [0.717, 1.165) is 0 Å². The molecule has 0 aliphatic heterocycles. The molecule has 0 rings (SSSR count). The maximum atomic E-state index is 6.30. The van der Waals surface area contributed by atoms with Gasteiger partial charge in [-0.3, -0.25) is 0 Å². The SMILES string of the molecule is CC(C)(C)P(Cl)C(C)(C)C.[Pd]. The third kappa shape index (κ3) is 5.59. The fourth-order valence-corrected chi connectivity index (χ4v) is 3.02. The summed E-state index contributed by atoms with van der Waals surface area (Å²) >= 11 is 6.30. The van der Waals surface area contributed by atoms with Crippen LogP contribution in [0, 0.1) is 0 Å². The predicted octanol–water partition coefficient (Wildman–Crippen LogP) is 4.22. The second kappa shape index (κ2) is 4.57. The summed E-state index contributed by atoms with van der Waals surface area (Å²) in [5.74, 6) is 0. The predicted molar refractivity (Wildman–Crippen MR) is 52.3 cm³/mol. The molecule has 0 fully saturated rings. The summed E-state index contributed by atoms with van der Waals surface area (Å²) < 4.78 is 0. The summed E-state index contributed by atoms with van der Waals surface area (Å²) in [7, 11) is -0.390. The van der Waals surface area contributed by atoms with Crippen LogP contribution < -0.4 is 0 Å². The molecular formula is C8H18ClPPd. The first-order chi connectivity index (χ1) is 4.15. The minimum absolute atomic E-state index is 0. The normalized spacial score (nSPS) is 13.1. The first kappa shape index (κ1) is 14.9. The maximum absolute atomic E-state index is 6.30. The quantitative estimate of drug-likeness (QED) is 0.462. The van der Waals surface area contributed by atoms with Gasteiger partial charge in [0.25, 0.3) is 0 Å². The molecule has 0 radical (unpaired) electrons. The number of hydrogen-bond acceptors (Lipinski definition) is 0. The summed E-state index contributed by atoms with van der Waals surface area (Å²) in [6, 6.07) is 0. The molecule has 11 heavy (non-hydrogen) atoms. The van der Waals surface area contributed by atoms with Gasteiger partial charge in [-0.25, -0.2) is 0 Å². The zero-order valence-corrected chi connectivity index (χ0v) is 11.3.